The van der Waals surface area contributed by atoms with Crippen LogP contribution in [0.1, 0.15) is 23.5 Å². The van der Waals surface area contributed by atoms with Crippen LogP contribution in [-0.4, -0.2) is 54.7 Å². The molecule has 3 heterocycles. The van der Waals surface area contributed by atoms with E-state index in [1.807, 2.05) is 19.2 Å². The maximum absolute atomic E-state index is 14.0. The molecule has 4 rings (SSSR count). The predicted octanol–water partition coefficient (Wildman–Crippen LogP) is 2.28. The van der Waals surface area contributed by atoms with Gasteiger partial charge in [-0.2, -0.15) is 0 Å². The van der Waals surface area contributed by atoms with Crippen molar-refractivity contribution >= 4 is 11.7 Å². The zero-order valence-corrected chi connectivity index (χ0v) is 16.3. The monoisotopic (exact) mass is 402 g/mol. The number of ether oxygens (including phenoxy) is 1. The third-order valence-corrected chi connectivity index (χ3v) is 5.70. The number of hydrogen-bond donors (Lipinski definition) is 2. The highest BCUT2D eigenvalue weighted by Gasteiger charge is 2.49. The van der Waals surface area contributed by atoms with Gasteiger partial charge in [0.15, 0.2) is 11.6 Å². The number of pyridine rings is 1. The number of aromatic nitrogens is 1. The second-order valence-electron chi connectivity index (χ2n) is 7.66. The Kier molecular flexibility index (Phi) is 5.47. The predicted molar refractivity (Wildman–Crippen MR) is 104 cm³/mol. The third kappa shape index (κ3) is 3.95. The molecule has 154 valence electrons. The molecule has 8 heteroatoms. The summed E-state index contributed by atoms with van der Waals surface area (Å²) in [4.78, 5) is 18.9. The van der Waals surface area contributed by atoms with Gasteiger partial charge in [-0.1, -0.05) is 12.1 Å². The molecule has 0 saturated carbocycles. The van der Waals surface area contributed by atoms with E-state index in [1.54, 1.807) is 12.3 Å². The number of amides is 1. The van der Waals surface area contributed by atoms with Crippen LogP contribution in [0, 0.1) is 11.6 Å². The number of nitrogens with zero attached hydrogens (tertiary/aromatic N) is 2. The molecule has 0 radical (unpaired) electrons. The van der Waals surface area contributed by atoms with E-state index in [0.717, 1.165) is 17.4 Å². The SMILES string of the molecule is CNc1ncccc1CN1C[C@@H](c2ccc(F)c(F)c2)[C@@]2(COCCC(=O)N2)C1. The average Bonchev–Trinajstić information content (AvgIpc) is 2.93. The van der Waals surface area contributed by atoms with Crippen molar-refractivity contribution in [1.29, 1.82) is 0 Å². The van der Waals surface area contributed by atoms with Crippen LogP contribution < -0.4 is 10.6 Å². The van der Waals surface area contributed by atoms with Crippen LogP contribution >= 0.6 is 0 Å². The van der Waals surface area contributed by atoms with Crippen LogP contribution in [0.3, 0.4) is 0 Å². The first-order chi connectivity index (χ1) is 14.0. The van der Waals surface area contributed by atoms with E-state index in [-0.39, 0.29) is 11.8 Å². The first kappa shape index (κ1) is 19.7. The highest BCUT2D eigenvalue weighted by molar-refractivity contribution is 5.77. The number of rotatable bonds is 4. The van der Waals surface area contributed by atoms with Gasteiger partial charge in [0.25, 0.3) is 0 Å². The topological polar surface area (TPSA) is 66.5 Å². The summed E-state index contributed by atoms with van der Waals surface area (Å²) in [6.07, 6.45) is 2.02. The maximum atomic E-state index is 14.0. The average molecular weight is 402 g/mol. The molecule has 1 spiro atoms. The smallest absolute Gasteiger partial charge is 0.222 e. The molecular formula is C21H24F2N4O2. The van der Waals surface area contributed by atoms with Crippen molar-refractivity contribution in [2.24, 2.45) is 0 Å². The van der Waals surface area contributed by atoms with Crippen LogP contribution in [0.15, 0.2) is 36.5 Å². The van der Waals surface area contributed by atoms with Gasteiger partial charge in [-0.3, -0.25) is 9.69 Å². The van der Waals surface area contributed by atoms with E-state index >= 15 is 0 Å². The second kappa shape index (κ2) is 8.04. The van der Waals surface area contributed by atoms with Crippen LogP contribution in [0.25, 0.3) is 0 Å². The van der Waals surface area contributed by atoms with Crippen molar-refractivity contribution in [2.45, 2.75) is 24.4 Å². The molecule has 2 saturated heterocycles. The standard InChI is InChI=1S/C21H24F2N4O2/c1-24-20-15(3-2-7-25-20)10-27-11-16(14-4-5-17(22)18(23)9-14)21(12-27)13-29-8-6-19(28)26-21/h2-5,7,9,16H,6,8,10-13H2,1H3,(H,24,25)(H,26,28)/t16-,21-/m0/s1. The molecule has 2 aliphatic heterocycles. The zero-order valence-electron chi connectivity index (χ0n) is 16.3. The molecule has 1 aromatic carbocycles. The lowest BCUT2D eigenvalue weighted by Gasteiger charge is -2.34. The number of hydrogen-bond acceptors (Lipinski definition) is 5. The summed E-state index contributed by atoms with van der Waals surface area (Å²) in [5.41, 5.74) is 0.981. The zero-order chi connectivity index (χ0) is 20.4. The molecule has 2 N–H and O–H groups in total. The number of carbonyl (C=O) groups excluding carboxylic acids is 1. The molecule has 1 aromatic heterocycles. The van der Waals surface area contributed by atoms with E-state index in [2.05, 4.69) is 20.5 Å². The summed E-state index contributed by atoms with van der Waals surface area (Å²) < 4.78 is 33.2. The van der Waals surface area contributed by atoms with Gasteiger partial charge >= 0.3 is 0 Å². The van der Waals surface area contributed by atoms with Crippen molar-refractivity contribution < 1.29 is 18.3 Å². The van der Waals surface area contributed by atoms with Crippen molar-refractivity contribution in [2.75, 3.05) is 38.7 Å². The molecule has 0 aliphatic carbocycles. The van der Waals surface area contributed by atoms with Gasteiger partial charge in [-0.05, 0) is 23.8 Å². The molecule has 2 aromatic rings. The van der Waals surface area contributed by atoms with Crippen molar-refractivity contribution in [3.8, 4) is 0 Å². The molecule has 2 atom stereocenters. The normalized spacial score (nSPS) is 25.1. The van der Waals surface area contributed by atoms with Crippen molar-refractivity contribution in [3.05, 3.63) is 59.3 Å². The Morgan fingerprint density at radius 1 is 1.34 bits per heavy atom. The lowest BCUT2D eigenvalue weighted by atomic mass is 9.82. The largest absolute Gasteiger partial charge is 0.378 e. The van der Waals surface area contributed by atoms with Gasteiger partial charge in [0.2, 0.25) is 5.91 Å². The van der Waals surface area contributed by atoms with Crippen molar-refractivity contribution in [1.82, 2.24) is 15.2 Å². The molecule has 2 fully saturated rings. The van der Waals surface area contributed by atoms with Crippen LogP contribution in [-0.2, 0) is 16.1 Å². The molecule has 1 amide bonds. The third-order valence-electron chi connectivity index (χ3n) is 5.70. The molecule has 29 heavy (non-hydrogen) atoms. The summed E-state index contributed by atoms with van der Waals surface area (Å²) in [6, 6.07) is 7.84. The molecule has 0 unspecified atom stereocenters. The van der Waals surface area contributed by atoms with Crippen molar-refractivity contribution in [3.63, 3.8) is 0 Å². The number of halogens is 2. The maximum Gasteiger partial charge on any atom is 0.222 e. The van der Waals surface area contributed by atoms with E-state index in [1.165, 1.54) is 6.07 Å². The van der Waals surface area contributed by atoms with Gasteiger partial charge in [0, 0.05) is 50.8 Å². The molecular weight excluding hydrogens is 378 g/mol. The first-order valence-corrected chi connectivity index (χ1v) is 9.68. The summed E-state index contributed by atoms with van der Waals surface area (Å²) >= 11 is 0. The fourth-order valence-corrected chi connectivity index (χ4v) is 4.38. The fourth-order valence-electron chi connectivity index (χ4n) is 4.38. The van der Waals surface area contributed by atoms with Gasteiger partial charge in [0.05, 0.1) is 18.8 Å². The van der Waals surface area contributed by atoms with Gasteiger partial charge in [0.1, 0.15) is 5.82 Å². The fraction of sp³-hybridized carbons (Fsp3) is 0.429. The quantitative estimate of drug-likeness (QED) is 0.822. The van der Waals surface area contributed by atoms with Gasteiger partial charge in [-0.15, -0.1) is 0 Å². The molecule has 2 aliphatic rings. The Morgan fingerprint density at radius 2 is 2.21 bits per heavy atom. The minimum Gasteiger partial charge on any atom is -0.378 e. The highest BCUT2D eigenvalue weighted by Crippen LogP contribution is 2.39. The summed E-state index contributed by atoms with van der Waals surface area (Å²) in [7, 11) is 1.82. The number of anilines is 1. The lowest BCUT2D eigenvalue weighted by Crippen LogP contribution is -2.55. The Bertz CT molecular complexity index is 910. The molecule has 6 nitrogen and oxygen atoms in total. The lowest BCUT2D eigenvalue weighted by molar-refractivity contribution is -0.122. The minimum atomic E-state index is -0.887. The van der Waals surface area contributed by atoms with Crippen LogP contribution in [0.5, 0.6) is 0 Å². The summed E-state index contributed by atoms with van der Waals surface area (Å²) in [5.74, 6) is -1.29. The van der Waals surface area contributed by atoms with Crippen LogP contribution in [0.2, 0.25) is 0 Å². The van der Waals surface area contributed by atoms with Gasteiger partial charge < -0.3 is 15.4 Å². The van der Waals surface area contributed by atoms with E-state index < -0.39 is 17.2 Å². The Balaban J connectivity index is 1.67. The minimum absolute atomic E-state index is 0.0887. The summed E-state index contributed by atoms with van der Waals surface area (Å²) in [5, 5.41) is 6.22. The highest BCUT2D eigenvalue weighted by atomic mass is 19.2. The number of likely N-dealkylation sites (tertiary alicyclic amines) is 1. The van der Waals surface area contributed by atoms with E-state index in [0.29, 0.717) is 44.8 Å². The Morgan fingerprint density at radius 3 is 3.00 bits per heavy atom. The van der Waals surface area contributed by atoms with Crippen LogP contribution in [0.4, 0.5) is 14.6 Å². The van der Waals surface area contributed by atoms with E-state index in [9.17, 15) is 13.6 Å². The van der Waals surface area contributed by atoms with E-state index in [4.69, 9.17) is 4.74 Å². The number of nitrogens with one attached hydrogen (secondary N) is 2. The Labute approximate surface area is 168 Å². The van der Waals surface area contributed by atoms with Gasteiger partial charge in [-0.25, -0.2) is 13.8 Å². The number of carbonyl (C=O) groups is 1. The Hall–Kier alpha value is -2.58. The first-order valence-electron chi connectivity index (χ1n) is 9.68. The second-order valence-corrected chi connectivity index (χ2v) is 7.66. The molecule has 0 bridgehead atoms. The summed E-state index contributed by atoms with van der Waals surface area (Å²) in [6.45, 7) is 2.41. The number of benzene rings is 1.